The Balaban J connectivity index is 1.90. The summed E-state index contributed by atoms with van der Waals surface area (Å²) >= 11 is 1.58. The standard InChI is InChI=1S/C8H9N5S/c1-2-14-8(10-1)7-5-13(12-11-7)6-3-9-4-6/h1-2,5-6,9H,3-4H2. The lowest BCUT2D eigenvalue weighted by atomic mass is 10.2. The molecule has 0 unspecified atom stereocenters. The predicted octanol–water partition coefficient (Wildman–Crippen LogP) is 0.546. The Bertz CT molecular complexity index is 417. The van der Waals surface area contributed by atoms with Gasteiger partial charge in [0.25, 0.3) is 0 Å². The Morgan fingerprint density at radius 3 is 3.07 bits per heavy atom. The molecule has 1 aliphatic rings. The normalized spacial score (nSPS) is 16.9. The third kappa shape index (κ3) is 1.23. The average molecular weight is 207 g/mol. The van der Waals surface area contributed by atoms with E-state index in [4.69, 9.17) is 0 Å². The van der Waals surface area contributed by atoms with Crippen molar-refractivity contribution in [3.8, 4) is 10.7 Å². The zero-order chi connectivity index (χ0) is 9.38. The van der Waals surface area contributed by atoms with E-state index in [0.717, 1.165) is 23.8 Å². The summed E-state index contributed by atoms with van der Waals surface area (Å²) in [6.07, 6.45) is 3.74. The van der Waals surface area contributed by atoms with Crippen LogP contribution in [0.3, 0.4) is 0 Å². The zero-order valence-corrected chi connectivity index (χ0v) is 8.24. The predicted molar refractivity (Wildman–Crippen MR) is 53.0 cm³/mol. The van der Waals surface area contributed by atoms with Gasteiger partial charge in [-0.25, -0.2) is 9.67 Å². The molecule has 5 nitrogen and oxygen atoms in total. The summed E-state index contributed by atoms with van der Waals surface area (Å²) in [6, 6.07) is 0.469. The van der Waals surface area contributed by atoms with E-state index in [1.165, 1.54) is 0 Å². The summed E-state index contributed by atoms with van der Waals surface area (Å²) in [4.78, 5) is 4.19. The largest absolute Gasteiger partial charge is 0.312 e. The van der Waals surface area contributed by atoms with E-state index in [9.17, 15) is 0 Å². The summed E-state index contributed by atoms with van der Waals surface area (Å²) in [5.74, 6) is 0. The van der Waals surface area contributed by atoms with E-state index >= 15 is 0 Å². The first-order chi connectivity index (χ1) is 6.93. The van der Waals surface area contributed by atoms with Gasteiger partial charge in [0, 0.05) is 24.7 Å². The number of rotatable bonds is 2. The lowest BCUT2D eigenvalue weighted by Gasteiger charge is -2.26. The molecule has 3 heterocycles. The molecule has 0 atom stereocenters. The van der Waals surface area contributed by atoms with E-state index in [1.54, 1.807) is 17.5 Å². The molecule has 0 bridgehead atoms. The van der Waals surface area contributed by atoms with E-state index in [0.29, 0.717) is 6.04 Å². The Hall–Kier alpha value is -1.27. The van der Waals surface area contributed by atoms with Crippen molar-refractivity contribution in [1.29, 1.82) is 0 Å². The number of thiazole rings is 1. The molecular weight excluding hydrogens is 198 g/mol. The highest BCUT2D eigenvalue weighted by Gasteiger charge is 2.20. The molecule has 1 saturated heterocycles. The topological polar surface area (TPSA) is 55.6 Å². The number of hydrogen-bond acceptors (Lipinski definition) is 5. The molecule has 0 aromatic carbocycles. The van der Waals surface area contributed by atoms with Crippen molar-refractivity contribution in [2.75, 3.05) is 13.1 Å². The van der Waals surface area contributed by atoms with Gasteiger partial charge in [-0.1, -0.05) is 5.21 Å². The van der Waals surface area contributed by atoms with Gasteiger partial charge in [0.2, 0.25) is 0 Å². The average Bonchev–Trinajstić information content (AvgIpc) is 2.65. The van der Waals surface area contributed by atoms with Crippen LogP contribution < -0.4 is 5.32 Å². The molecule has 2 aromatic rings. The molecule has 0 aliphatic carbocycles. The van der Waals surface area contributed by atoms with Crippen molar-refractivity contribution < 1.29 is 0 Å². The second-order valence-corrected chi connectivity index (χ2v) is 4.13. The maximum absolute atomic E-state index is 4.19. The highest BCUT2D eigenvalue weighted by atomic mass is 32.1. The minimum absolute atomic E-state index is 0.469. The molecule has 0 saturated carbocycles. The SMILES string of the molecule is c1csc(-c2cn(C3CNC3)nn2)n1. The van der Waals surface area contributed by atoms with Gasteiger partial charge in [0.1, 0.15) is 10.7 Å². The molecule has 72 valence electrons. The maximum Gasteiger partial charge on any atom is 0.145 e. The molecule has 1 N–H and O–H groups in total. The van der Waals surface area contributed by atoms with Crippen molar-refractivity contribution in [3.63, 3.8) is 0 Å². The van der Waals surface area contributed by atoms with E-state index in [-0.39, 0.29) is 0 Å². The van der Waals surface area contributed by atoms with Gasteiger partial charge in [-0.05, 0) is 0 Å². The van der Waals surface area contributed by atoms with Crippen LogP contribution in [0.25, 0.3) is 10.7 Å². The van der Waals surface area contributed by atoms with Crippen molar-refractivity contribution in [1.82, 2.24) is 25.3 Å². The van der Waals surface area contributed by atoms with Gasteiger partial charge in [-0.15, -0.1) is 16.4 Å². The molecule has 2 aromatic heterocycles. The van der Waals surface area contributed by atoms with Gasteiger partial charge < -0.3 is 5.32 Å². The fraction of sp³-hybridized carbons (Fsp3) is 0.375. The monoisotopic (exact) mass is 207 g/mol. The molecule has 0 spiro atoms. The third-order valence-corrected chi connectivity index (χ3v) is 3.09. The molecule has 14 heavy (non-hydrogen) atoms. The number of hydrogen-bond donors (Lipinski definition) is 1. The van der Waals surface area contributed by atoms with Crippen LogP contribution in [0, 0.1) is 0 Å². The van der Waals surface area contributed by atoms with Crippen LogP contribution in [-0.4, -0.2) is 33.1 Å². The van der Waals surface area contributed by atoms with E-state index in [2.05, 4.69) is 20.6 Å². The van der Waals surface area contributed by atoms with Crippen LogP contribution in [-0.2, 0) is 0 Å². The molecule has 1 fully saturated rings. The minimum Gasteiger partial charge on any atom is -0.312 e. The van der Waals surface area contributed by atoms with Crippen molar-refractivity contribution in [2.45, 2.75) is 6.04 Å². The Kier molecular flexibility index (Phi) is 1.81. The molecule has 6 heteroatoms. The molecule has 1 aliphatic heterocycles. The van der Waals surface area contributed by atoms with Crippen molar-refractivity contribution >= 4 is 11.3 Å². The molecule has 0 amide bonds. The van der Waals surface area contributed by atoms with Crippen LogP contribution in [0.2, 0.25) is 0 Å². The molecular formula is C8H9N5S. The highest BCUT2D eigenvalue weighted by Crippen LogP contribution is 2.20. The second kappa shape index (κ2) is 3.14. The second-order valence-electron chi connectivity index (χ2n) is 3.23. The van der Waals surface area contributed by atoms with Gasteiger partial charge in [-0.2, -0.15) is 0 Å². The summed E-state index contributed by atoms with van der Waals surface area (Å²) < 4.78 is 1.91. The Morgan fingerprint density at radius 1 is 1.50 bits per heavy atom. The lowest BCUT2D eigenvalue weighted by molar-refractivity contribution is 0.313. The Labute approximate surface area is 84.8 Å². The van der Waals surface area contributed by atoms with Crippen LogP contribution in [0.1, 0.15) is 6.04 Å². The van der Waals surface area contributed by atoms with Crippen LogP contribution in [0.5, 0.6) is 0 Å². The number of nitrogens with one attached hydrogen (secondary N) is 1. The fourth-order valence-corrected chi connectivity index (χ4v) is 1.95. The van der Waals surface area contributed by atoms with Crippen molar-refractivity contribution in [3.05, 3.63) is 17.8 Å². The quantitative estimate of drug-likeness (QED) is 0.781. The first-order valence-electron chi connectivity index (χ1n) is 4.46. The van der Waals surface area contributed by atoms with Gasteiger partial charge in [-0.3, -0.25) is 0 Å². The number of nitrogens with zero attached hydrogens (tertiary/aromatic N) is 4. The fourth-order valence-electron chi connectivity index (χ4n) is 1.36. The van der Waals surface area contributed by atoms with Gasteiger partial charge in [0.05, 0.1) is 12.2 Å². The number of aromatic nitrogens is 4. The molecule has 0 radical (unpaired) electrons. The molecule has 3 rings (SSSR count). The summed E-state index contributed by atoms with van der Waals surface area (Å²) in [5.41, 5.74) is 0.868. The van der Waals surface area contributed by atoms with Crippen LogP contribution in [0.4, 0.5) is 0 Å². The zero-order valence-electron chi connectivity index (χ0n) is 7.42. The van der Waals surface area contributed by atoms with E-state index in [1.807, 2.05) is 16.3 Å². The maximum atomic E-state index is 4.19. The van der Waals surface area contributed by atoms with Gasteiger partial charge >= 0.3 is 0 Å². The minimum atomic E-state index is 0.469. The first-order valence-corrected chi connectivity index (χ1v) is 5.34. The first kappa shape index (κ1) is 8.07. The van der Waals surface area contributed by atoms with Crippen LogP contribution in [0.15, 0.2) is 17.8 Å². The smallest absolute Gasteiger partial charge is 0.145 e. The van der Waals surface area contributed by atoms with Gasteiger partial charge in [0.15, 0.2) is 0 Å². The van der Waals surface area contributed by atoms with Crippen molar-refractivity contribution in [2.24, 2.45) is 0 Å². The third-order valence-electron chi connectivity index (χ3n) is 2.30. The summed E-state index contributed by atoms with van der Waals surface area (Å²) in [6.45, 7) is 1.97. The highest BCUT2D eigenvalue weighted by molar-refractivity contribution is 7.13. The lowest BCUT2D eigenvalue weighted by Crippen LogP contribution is -2.43. The van der Waals surface area contributed by atoms with E-state index < -0.39 is 0 Å². The Morgan fingerprint density at radius 2 is 2.43 bits per heavy atom. The summed E-state index contributed by atoms with van der Waals surface area (Å²) in [5, 5.41) is 14.3. The summed E-state index contributed by atoms with van der Waals surface area (Å²) in [7, 11) is 0. The van der Waals surface area contributed by atoms with Crippen LogP contribution >= 0.6 is 11.3 Å².